The van der Waals surface area contributed by atoms with Crippen LogP contribution < -0.4 is 5.32 Å². The van der Waals surface area contributed by atoms with Gasteiger partial charge in [-0.2, -0.15) is 0 Å². The number of carbonyl (C=O) groups is 2. The molecule has 1 aliphatic rings. The topological polar surface area (TPSA) is 79.3 Å². The van der Waals surface area contributed by atoms with Gasteiger partial charge in [-0.05, 0) is 19.3 Å². The molecule has 1 saturated carbocycles. The molecule has 0 unspecified atom stereocenters. The van der Waals surface area contributed by atoms with E-state index in [2.05, 4.69) is 10.3 Å². The summed E-state index contributed by atoms with van der Waals surface area (Å²) in [7, 11) is 0. The summed E-state index contributed by atoms with van der Waals surface area (Å²) < 4.78 is 0. The van der Waals surface area contributed by atoms with Crippen molar-refractivity contribution in [2.45, 2.75) is 51.9 Å². The molecule has 0 spiro atoms. The van der Waals surface area contributed by atoms with Crippen molar-refractivity contribution in [2.75, 3.05) is 5.32 Å². The second kappa shape index (κ2) is 6.83. The van der Waals surface area contributed by atoms with Crippen LogP contribution in [0.25, 0.3) is 0 Å². The maximum Gasteiger partial charge on any atom is 0.347 e. The van der Waals surface area contributed by atoms with Gasteiger partial charge in [-0.15, -0.1) is 0 Å². The molecule has 6 heteroatoms. The smallest absolute Gasteiger partial charge is 0.347 e. The third kappa shape index (κ3) is 3.56. The highest BCUT2D eigenvalue weighted by Gasteiger charge is 2.23. The number of aryl methyl sites for hydroxylation is 1. The molecule has 1 fully saturated rings. The molecule has 2 N–H and O–H groups in total. The summed E-state index contributed by atoms with van der Waals surface area (Å²) in [6.45, 7) is 1.98. The third-order valence-corrected chi connectivity index (χ3v) is 4.59. The molecule has 20 heavy (non-hydrogen) atoms. The third-order valence-electron chi connectivity index (χ3n) is 3.58. The van der Waals surface area contributed by atoms with E-state index in [0.29, 0.717) is 17.2 Å². The monoisotopic (exact) mass is 296 g/mol. The van der Waals surface area contributed by atoms with E-state index < -0.39 is 5.97 Å². The number of aromatic nitrogens is 1. The first-order chi connectivity index (χ1) is 9.61. The van der Waals surface area contributed by atoms with E-state index in [1.54, 1.807) is 0 Å². The molecule has 0 saturated heterocycles. The van der Waals surface area contributed by atoms with E-state index >= 15 is 0 Å². The molecule has 1 aliphatic carbocycles. The molecule has 1 amide bonds. The molecule has 5 nitrogen and oxygen atoms in total. The lowest BCUT2D eigenvalue weighted by molar-refractivity contribution is -0.120. The minimum Gasteiger partial charge on any atom is -0.477 e. The predicted molar refractivity (Wildman–Crippen MR) is 78.3 cm³/mol. The molecule has 0 radical (unpaired) electrons. The average molecular weight is 296 g/mol. The minimum absolute atomic E-state index is 0.0153. The van der Waals surface area contributed by atoms with Crippen molar-refractivity contribution >= 4 is 28.3 Å². The first-order valence-corrected chi connectivity index (χ1v) is 7.97. The molecule has 0 bridgehead atoms. The van der Waals surface area contributed by atoms with Crippen molar-refractivity contribution < 1.29 is 14.7 Å². The van der Waals surface area contributed by atoms with Crippen LogP contribution in [0.4, 0.5) is 5.13 Å². The Morgan fingerprint density at radius 2 is 2.05 bits per heavy atom. The number of anilines is 1. The fourth-order valence-electron chi connectivity index (χ4n) is 2.55. The number of carboxylic acids is 1. The molecule has 110 valence electrons. The van der Waals surface area contributed by atoms with E-state index in [9.17, 15) is 9.59 Å². The number of hydrogen-bond donors (Lipinski definition) is 2. The van der Waals surface area contributed by atoms with Crippen LogP contribution in [0.5, 0.6) is 0 Å². The van der Waals surface area contributed by atoms with Gasteiger partial charge in [-0.1, -0.05) is 43.9 Å². The number of carbonyl (C=O) groups excluding carboxylic acids is 1. The number of nitrogens with one attached hydrogen (secondary N) is 1. The first kappa shape index (κ1) is 15.0. The molecular formula is C14H20N2O3S. The number of rotatable bonds is 5. The maximum atomic E-state index is 12.1. The van der Waals surface area contributed by atoms with Gasteiger partial charge in [0.15, 0.2) is 5.13 Å². The number of thiazole rings is 1. The summed E-state index contributed by atoms with van der Waals surface area (Å²) in [5.41, 5.74) is 0.573. The van der Waals surface area contributed by atoms with Gasteiger partial charge in [0.05, 0.1) is 5.69 Å². The van der Waals surface area contributed by atoms with Crippen molar-refractivity contribution in [1.29, 1.82) is 0 Å². The van der Waals surface area contributed by atoms with Gasteiger partial charge >= 0.3 is 5.97 Å². The molecule has 2 rings (SSSR count). The summed E-state index contributed by atoms with van der Waals surface area (Å²) in [5, 5.41) is 12.4. The van der Waals surface area contributed by atoms with Crippen molar-refractivity contribution in [2.24, 2.45) is 5.92 Å². The summed E-state index contributed by atoms with van der Waals surface area (Å²) in [6, 6.07) is 0. The number of amides is 1. The largest absolute Gasteiger partial charge is 0.477 e. The highest BCUT2D eigenvalue weighted by Crippen LogP contribution is 2.28. The van der Waals surface area contributed by atoms with E-state index in [1.807, 2.05) is 6.92 Å². The predicted octanol–water partition coefficient (Wildman–Crippen LogP) is 3.31. The standard InChI is InChI=1S/C14H20N2O3S/c1-2-6-10-11(13(18)19)20-14(15-10)16-12(17)9-7-4-3-5-8-9/h9H,2-8H2,1H3,(H,18,19)(H,15,16,17). The van der Waals surface area contributed by atoms with E-state index in [0.717, 1.165) is 43.4 Å². The molecule has 0 aromatic carbocycles. The van der Waals surface area contributed by atoms with E-state index in [1.165, 1.54) is 6.42 Å². The number of carboxylic acid groups (broad SMARTS) is 1. The van der Waals surface area contributed by atoms with Gasteiger partial charge in [-0.25, -0.2) is 9.78 Å². The number of aromatic carboxylic acids is 1. The lowest BCUT2D eigenvalue weighted by atomic mass is 9.89. The number of nitrogens with zero attached hydrogens (tertiary/aromatic N) is 1. The van der Waals surface area contributed by atoms with Gasteiger partial charge in [0.25, 0.3) is 0 Å². The maximum absolute atomic E-state index is 12.1. The van der Waals surface area contributed by atoms with E-state index in [-0.39, 0.29) is 16.7 Å². The van der Waals surface area contributed by atoms with Gasteiger partial charge in [0.1, 0.15) is 4.88 Å². The SMILES string of the molecule is CCCc1nc(NC(=O)C2CCCCC2)sc1C(=O)O. The van der Waals surface area contributed by atoms with Crippen molar-refractivity contribution in [1.82, 2.24) is 4.98 Å². The molecule has 1 aromatic heterocycles. The summed E-state index contributed by atoms with van der Waals surface area (Å²) in [5.74, 6) is -0.932. The van der Waals surface area contributed by atoms with Crippen LogP contribution in [0.15, 0.2) is 0 Å². The Hall–Kier alpha value is -1.43. The first-order valence-electron chi connectivity index (χ1n) is 7.15. The zero-order chi connectivity index (χ0) is 14.5. The number of hydrogen-bond acceptors (Lipinski definition) is 4. The molecule has 1 aromatic rings. The Morgan fingerprint density at radius 3 is 2.65 bits per heavy atom. The molecular weight excluding hydrogens is 276 g/mol. The van der Waals surface area contributed by atoms with Crippen LogP contribution in [0.3, 0.4) is 0 Å². The fraction of sp³-hybridized carbons (Fsp3) is 0.643. The highest BCUT2D eigenvalue weighted by molar-refractivity contribution is 7.17. The van der Waals surface area contributed by atoms with Gasteiger partial charge in [-0.3, -0.25) is 4.79 Å². The molecule has 0 aliphatic heterocycles. The Labute approximate surface area is 122 Å². The van der Waals surface area contributed by atoms with Crippen LogP contribution in [-0.4, -0.2) is 22.0 Å². The Kier molecular flexibility index (Phi) is 5.11. The fourth-order valence-corrected chi connectivity index (χ4v) is 3.40. The zero-order valence-electron chi connectivity index (χ0n) is 11.6. The summed E-state index contributed by atoms with van der Waals surface area (Å²) in [4.78, 5) is 27.8. The van der Waals surface area contributed by atoms with Gasteiger partial charge in [0, 0.05) is 5.92 Å². The van der Waals surface area contributed by atoms with Crippen LogP contribution in [0, 0.1) is 5.92 Å². The van der Waals surface area contributed by atoms with Gasteiger partial charge in [0.2, 0.25) is 5.91 Å². The van der Waals surface area contributed by atoms with Crippen molar-refractivity contribution in [3.63, 3.8) is 0 Å². The van der Waals surface area contributed by atoms with Crippen LogP contribution in [-0.2, 0) is 11.2 Å². The molecule has 0 atom stereocenters. The lowest BCUT2D eigenvalue weighted by Gasteiger charge is -2.19. The van der Waals surface area contributed by atoms with Crippen molar-refractivity contribution in [3.05, 3.63) is 10.6 Å². The second-order valence-electron chi connectivity index (χ2n) is 5.17. The quantitative estimate of drug-likeness (QED) is 0.873. The van der Waals surface area contributed by atoms with Crippen molar-refractivity contribution in [3.8, 4) is 0 Å². The second-order valence-corrected chi connectivity index (χ2v) is 6.17. The minimum atomic E-state index is -0.968. The Balaban J connectivity index is 2.06. The van der Waals surface area contributed by atoms with Crippen LogP contribution in [0.2, 0.25) is 0 Å². The lowest BCUT2D eigenvalue weighted by Crippen LogP contribution is -2.24. The van der Waals surface area contributed by atoms with Crippen LogP contribution in [0.1, 0.15) is 60.8 Å². The van der Waals surface area contributed by atoms with E-state index in [4.69, 9.17) is 5.11 Å². The highest BCUT2D eigenvalue weighted by atomic mass is 32.1. The van der Waals surface area contributed by atoms with Gasteiger partial charge < -0.3 is 10.4 Å². The summed E-state index contributed by atoms with van der Waals surface area (Å²) in [6.07, 6.45) is 6.69. The Bertz CT molecular complexity index is 493. The molecule has 1 heterocycles. The Morgan fingerprint density at radius 1 is 1.35 bits per heavy atom. The normalized spacial score (nSPS) is 16.1. The summed E-state index contributed by atoms with van der Waals surface area (Å²) >= 11 is 1.06. The average Bonchev–Trinajstić information content (AvgIpc) is 2.83. The zero-order valence-corrected chi connectivity index (χ0v) is 12.5. The van der Waals surface area contributed by atoms with Crippen LogP contribution >= 0.6 is 11.3 Å².